The molecule has 0 aromatic heterocycles. The Kier molecular flexibility index (Phi) is 5.33. The van der Waals surface area contributed by atoms with E-state index in [9.17, 15) is 0 Å². The second-order valence-electron chi connectivity index (χ2n) is 4.47. The number of hydrogen-bond donors (Lipinski definition) is 1. The minimum atomic E-state index is -0.114. The molecule has 1 atom stereocenters. The van der Waals surface area contributed by atoms with Crippen LogP contribution in [0.15, 0.2) is 40.9 Å². The van der Waals surface area contributed by atoms with Crippen molar-refractivity contribution in [2.75, 3.05) is 0 Å². The molecular formula is C15H14BrCl2NO. The predicted molar refractivity (Wildman–Crippen MR) is 87.5 cm³/mol. The molecule has 2 rings (SSSR count). The highest BCUT2D eigenvalue weighted by atomic mass is 79.9. The van der Waals surface area contributed by atoms with Crippen molar-refractivity contribution in [3.8, 4) is 5.75 Å². The van der Waals surface area contributed by atoms with Crippen molar-refractivity contribution in [2.45, 2.75) is 19.6 Å². The standard InChI is InChI=1S/C15H14BrCl2NO/c1-9(19)12-7-11(16)5-6-14(12)20-8-10-3-2-4-13(17)15(10)18/h2-7,9H,8,19H2,1H3/t9-/m1/s1. The summed E-state index contributed by atoms with van der Waals surface area (Å²) in [6, 6.07) is 11.1. The molecule has 5 heteroatoms. The van der Waals surface area contributed by atoms with Crippen molar-refractivity contribution in [3.05, 3.63) is 62.0 Å². The predicted octanol–water partition coefficient (Wildman–Crippen LogP) is 5.35. The van der Waals surface area contributed by atoms with Crippen molar-refractivity contribution in [3.63, 3.8) is 0 Å². The molecule has 2 nitrogen and oxygen atoms in total. The fourth-order valence-corrected chi connectivity index (χ4v) is 2.58. The number of hydrogen-bond acceptors (Lipinski definition) is 2. The Balaban J connectivity index is 2.21. The van der Waals surface area contributed by atoms with E-state index >= 15 is 0 Å². The highest BCUT2D eigenvalue weighted by Crippen LogP contribution is 2.30. The first-order valence-electron chi connectivity index (χ1n) is 6.09. The monoisotopic (exact) mass is 373 g/mol. The van der Waals surface area contributed by atoms with Gasteiger partial charge < -0.3 is 10.5 Å². The summed E-state index contributed by atoms with van der Waals surface area (Å²) in [5, 5.41) is 1.05. The number of ether oxygens (including phenoxy) is 1. The van der Waals surface area contributed by atoms with E-state index < -0.39 is 0 Å². The lowest BCUT2D eigenvalue weighted by atomic mass is 10.1. The van der Waals surface area contributed by atoms with Gasteiger partial charge in [-0.2, -0.15) is 0 Å². The van der Waals surface area contributed by atoms with Crippen LogP contribution in [0.5, 0.6) is 5.75 Å². The number of rotatable bonds is 4. The molecule has 0 heterocycles. The van der Waals surface area contributed by atoms with Crippen LogP contribution in [-0.2, 0) is 6.61 Å². The zero-order valence-electron chi connectivity index (χ0n) is 10.9. The van der Waals surface area contributed by atoms with Crippen molar-refractivity contribution in [1.82, 2.24) is 0 Å². The first-order valence-corrected chi connectivity index (χ1v) is 7.64. The Hall–Kier alpha value is -0.740. The highest BCUT2D eigenvalue weighted by molar-refractivity contribution is 9.10. The molecule has 106 valence electrons. The SMILES string of the molecule is C[C@@H](N)c1cc(Br)ccc1OCc1cccc(Cl)c1Cl. The number of nitrogens with two attached hydrogens (primary N) is 1. The second-order valence-corrected chi connectivity index (χ2v) is 6.17. The van der Waals surface area contributed by atoms with E-state index in [2.05, 4.69) is 15.9 Å². The van der Waals surface area contributed by atoms with Crippen molar-refractivity contribution in [1.29, 1.82) is 0 Å². The fraction of sp³-hybridized carbons (Fsp3) is 0.200. The van der Waals surface area contributed by atoms with Crippen molar-refractivity contribution >= 4 is 39.1 Å². The molecule has 2 aromatic carbocycles. The maximum absolute atomic E-state index is 6.14. The maximum Gasteiger partial charge on any atom is 0.124 e. The highest BCUT2D eigenvalue weighted by Gasteiger charge is 2.10. The summed E-state index contributed by atoms with van der Waals surface area (Å²) in [6.45, 7) is 2.27. The average molecular weight is 375 g/mol. The van der Waals surface area contributed by atoms with E-state index in [0.717, 1.165) is 21.3 Å². The van der Waals surface area contributed by atoms with E-state index in [4.69, 9.17) is 33.7 Å². The Morgan fingerprint density at radius 3 is 2.70 bits per heavy atom. The van der Waals surface area contributed by atoms with Gasteiger partial charge in [0.2, 0.25) is 0 Å². The summed E-state index contributed by atoms with van der Waals surface area (Å²) in [4.78, 5) is 0. The first-order chi connectivity index (χ1) is 9.49. The lowest BCUT2D eigenvalue weighted by Gasteiger charge is -2.15. The van der Waals surface area contributed by atoms with Crippen LogP contribution in [0.1, 0.15) is 24.1 Å². The van der Waals surface area contributed by atoms with Crippen molar-refractivity contribution in [2.24, 2.45) is 5.73 Å². The lowest BCUT2D eigenvalue weighted by Crippen LogP contribution is -2.08. The topological polar surface area (TPSA) is 35.2 Å². The minimum absolute atomic E-state index is 0.114. The molecule has 0 radical (unpaired) electrons. The molecule has 0 unspecified atom stereocenters. The molecular weight excluding hydrogens is 361 g/mol. The molecule has 0 saturated carbocycles. The quantitative estimate of drug-likeness (QED) is 0.782. The normalized spacial score (nSPS) is 12.2. The number of halogens is 3. The zero-order chi connectivity index (χ0) is 14.7. The third kappa shape index (κ3) is 3.67. The fourth-order valence-electron chi connectivity index (χ4n) is 1.82. The van der Waals surface area contributed by atoms with Crippen molar-refractivity contribution < 1.29 is 4.74 Å². The van der Waals surface area contributed by atoms with Crippen LogP contribution in [0.3, 0.4) is 0 Å². The maximum atomic E-state index is 6.14. The summed E-state index contributed by atoms with van der Waals surface area (Å²) >= 11 is 15.6. The molecule has 20 heavy (non-hydrogen) atoms. The average Bonchev–Trinajstić information content (AvgIpc) is 2.41. The van der Waals surface area contributed by atoms with Crippen LogP contribution in [0.2, 0.25) is 10.0 Å². The van der Waals surface area contributed by atoms with Crippen LogP contribution in [0.4, 0.5) is 0 Å². The van der Waals surface area contributed by atoms with Crippen LogP contribution >= 0.6 is 39.1 Å². The van der Waals surface area contributed by atoms with Crippen LogP contribution in [0.25, 0.3) is 0 Å². The third-order valence-corrected chi connectivity index (χ3v) is 4.23. The van der Waals surface area contributed by atoms with E-state index in [-0.39, 0.29) is 6.04 Å². The van der Waals surface area contributed by atoms with Gasteiger partial charge in [0.05, 0.1) is 10.0 Å². The Bertz CT molecular complexity index is 617. The molecule has 2 N–H and O–H groups in total. The molecule has 0 aliphatic carbocycles. The number of benzene rings is 2. The molecule has 0 fully saturated rings. The third-order valence-electron chi connectivity index (χ3n) is 2.88. The molecule has 0 aliphatic heterocycles. The summed E-state index contributed by atoms with van der Waals surface area (Å²) in [5.74, 6) is 0.749. The Morgan fingerprint density at radius 1 is 1.25 bits per heavy atom. The van der Waals surface area contributed by atoms with Gasteiger partial charge in [0.1, 0.15) is 12.4 Å². The zero-order valence-corrected chi connectivity index (χ0v) is 14.0. The summed E-state index contributed by atoms with van der Waals surface area (Å²) < 4.78 is 6.80. The van der Waals surface area contributed by atoms with E-state index in [0.29, 0.717) is 16.7 Å². The van der Waals surface area contributed by atoms with Gasteiger partial charge in [-0.25, -0.2) is 0 Å². The molecule has 0 aliphatic rings. The van der Waals surface area contributed by atoms with Crippen LogP contribution < -0.4 is 10.5 Å². The van der Waals surface area contributed by atoms with Gasteiger partial charge in [0.15, 0.2) is 0 Å². The molecule has 0 spiro atoms. The van der Waals surface area contributed by atoms with Gasteiger partial charge in [0, 0.05) is 21.6 Å². The van der Waals surface area contributed by atoms with E-state index in [1.807, 2.05) is 37.3 Å². The molecule has 2 aromatic rings. The lowest BCUT2D eigenvalue weighted by molar-refractivity contribution is 0.301. The second kappa shape index (κ2) is 6.81. The summed E-state index contributed by atoms with van der Waals surface area (Å²) in [6.07, 6.45) is 0. The van der Waals surface area contributed by atoms with Gasteiger partial charge in [-0.3, -0.25) is 0 Å². The van der Waals surface area contributed by atoms with Crippen LogP contribution in [0, 0.1) is 0 Å². The molecule has 0 bridgehead atoms. The summed E-state index contributed by atoms with van der Waals surface area (Å²) in [7, 11) is 0. The van der Waals surface area contributed by atoms with E-state index in [1.54, 1.807) is 6.07 Å². The Morgan fingerprint density at radius 2 is 2.00 bits per heavy atom. The Labute approximate surface area is 137 Å². The van der Waals surface area contributed by atoms with Gasteiger partial charge in [-0.15, -0.1) is 0 Å². The smallest absolute Gasteiger partial charge is 0.124 e. The first kappa shape index (κ1) is 15.6. The summed E-state index contributed by atoms with van der Waals surface area (Å²) in [5.41, 5.74) is 7.75. The minimum Gasteiger partial charge on any atom is -0.489 e. The van der Waals surface area contributed by atoms with E-state index in [1.165, 1.54) is 0 Å². The van der Waals surface area contributed by atoms with Gasteiger partial charge >= 0.3 is 0 Å². The van der Waals surface area contributed by atoms with Gasteiger partial charge in [-0.1, -0.05) is 51.3 Å². The molecule has 0 saturated heterocycles. The van der Waals surface area contributed by atoms with Crippen LogP contribution in [-0.4, -0.2) is 0 Å². The molecule has 0 amide bonds. The van der Waals surface area contributed by atoms with Gasteiger partial charge in [-0.05, 0) is 31.2 Å². The van der Waals surface area contributed by atoms with Gasteiger partial charge in [0.25, 0.3) is 0 Å². The largest absolute Gasteiger partial charge is 0.489 e.